The van der Waals surface area contributed by atoms with E-state index < -0.39 is 0 Å². The third-order valence-electron chi connectivity index (χ3n) is 4.61. The summed E-state index contributed by atoms with van der Waals surface area (Å²) >= 11 is 1.93. The smallest absolute Gasteiger partial charge is 0.0331 e. The molecule has 0 amide bonds. The van der Waals surface area contributed by atoms with Crippen molar-refractivity contribution in [2.24, 2.45) is 11.7 Å². The number of nitrogens with zero attached hydrogens (tertiary/aromatic N) is 1. The molecule has 1 aliphatic rings. The number of hydrogen-bond acceptors (Lipinski definition) is 3. The van der Waals surface area contributed by atoms with Gasteiger partial charge in [-0.2, -0.15) is 0 Å². The average Bonchev–Trinajstić information content (AvgIpc) is 2.89. The van der Waals surface area contributed by atoms with Crippen molar-refractivity contribution in [3.05, 3.63) is 21.9 Å². The van der Waals surface area contributed by atoms with E-state index >= 15 is 0 Å². The third-order valence-corrected chi connectivity index (χ3v) is 5.61. The van der Waals surface area contributed by atoms with E-state index in [1.54, 1.807) is 10.4 Å². The summed E-state index contributed by atoms with van der Waals surface area (Å²) in [6.07, 6.45) is 6.38. The van der Waals surface area contributed by atoms with E-state index in [-0.39, 0.29) is 0 Å². The van der Waals surface area contributed by atoms with Crippen LogP contribution < -0.4 is 5.73 Å². The van der Waals surface area contributed by atoms with Crippen molar-refractivity contribution in [3.8, 4) is 0 Å². The van der Waals surface area contributed by atoms with Gasteiger partial charge in [0.05, 0.1) is 0 Å². The topological polar surface area (TPSA) is 29.3 Å². The SMILES string of the molecule is CCC(CCN)CCCN1CCc2sccc2C1C. The highest BCUT2D eigenvalue weighted by molar-refractivity contribution is 7.10. The Kier molecular flexibility index (Phi) is 5.86. The molecule has 0 aromatic carbocycles. The minimum Gasteiger partial charge on any atom is -0.330 e. The lowest BCUT2D eigenvalue weighted by atomic mass is 9.95. The number of rotatable bonds is 7. The Morgan fingerprint density at radius 2 is 2.32 bits per heavy atom. The molecule has 3 heteroatoms. The normalized spacial score (nSPS) is 21.3. The van der Waals surface area contributed by atoms with Crippen LogP contribution in [0.4, 0.5) is 0 Å². The van der Waals surface area contributed by atoms with Crippen LogP contribution in [-0.2, 0) is 6.42 Å². The van der Waals surface area contributed by atoms with Gasteiger partial charge in [0.1, 0.15) is 0 Å². The van der Waals surface area contributed by atoms with Crippen LogP contribution in [-0.4, -0.2) is 24.5 Å². The van der Waals surface area contributed by atoms with Crippen LogP contribution in [0.3, 0.4) is 0 Å². The second-order valence-corrected chi connectivity index (χ2v) is 6.76. The van der Waals surface area contributed by atoms with Gasteiger partial charge in [-0.25, -0.2) is 0 Å². The van der Waals surface area contributed by atoms with Gasteiger partial charge in [0, 0.05) is 17.5 Å². The molecule has 0 bridgehead atoms. The molecule has 1 aromatic rings. The van der Waals surface area contributed by atoms with Gasteiger partial charge in [-0.3, -0.25) is 4.90 Å². The molecule has 0 fully saturated rings. The van der Waals surface area contributed by atoms with Crippen LogP contribution in [0, 0.1) is 5.92 Å². The lowest BCUT2D eigenvalue weighted by Crippen LogP contribution is -2.34. The Bertz CT molecular complexity index is 375. The van der Waals surface area contributed by atoms with Crippen LogP contribution in [0.2, 0.25) is 0 Å². The molecule has 0 saturated carbocycles. The van der Waals surface area contributed by atoms with Gasteiger partial charge in [-0.1, -0.05) is 13.3 Å². The molecule has 0 radical (unpaired) electrons. The first kappa shape index (κ1) is 15.0. The van der Waals surface area contributed by atoms with Gasteiger partial charge >= 0.3 is 0 Å². The van der Waals surface area contributed by atoms with Crippen LogP contribution in [0.1, 0.15) is 56.0 Å². The Morgan fingerprint density at radius 3 is 3.05 bits per heavy atom. The van der Waals surface area contributed by atoms with Gasteiger partial charge in [0.2, 0.25) is 0 Å². The highest BCUT2D eigenvalue weighted by Gasteiger charge is 2.24. The zero-order valence-electron chi connectivity index (χ0n) is 12.4. The summed E-state index contributed by atoms with van der Waals surface area (Å²) in [4.78, 5) is 4.27. The summed E-state index contributed by atoms with van der Waals surface area (Å²) in [5.74, 6) is 0.835. The first-order valence-corrected chi connectivity index (χ1v) is 8.64. The molecule has 2 N–H and O–H groups in total. The van der Waals surface area contributed by atoms with Crippen molar-refractivity contribution >= 4 is 11.3 Å². The van der Waals surface area contributed by atoms with Gasteiger partial charge in [0.25, 0.3) is 0 Å². The van der Waals surface area contributed by atoms with Crippen molar-refractivity contribution in [1.82, 2.24) is 4.90 Å². The zero-order chi connectivity index (χ0) is 13.7. The van der Waals surface area contributed by atoms with Crippen molar-refractivity contribution in [1.29, 1.82) is 0 Å². The maximum Gasteiger partial charge on any atom is 0.0331 e. The van der Waals surface area contributed by atoms with E-state index in [1.807, 2.05) is 11.3 Å². The molecule has 0 aliphatic carbocycles. The third kappa shape index (κ3) is 3.80. The van der Waals surface area contributed by atoms with Gasteiger partial charge in [-0.05, 0) is 68.6 Å². The van der Waals surface area contributed by atoms with Gasteiger partial charge in [-0.15, -0.1) is 11.3 Å². The summed E-state index contributed by atoms with van der Waals surface area (Å²) in [6.45, 7) is 7.99. The minimum absolute atomic E-state index is 0.615. The first-order valence-electron chi connectivity index (χ1n) is 7.76. The van der Waals surface area contributed by atoms with E-state index in [2.05, 4.69) is 30.2 Å². The van der Waals surface area contributed by atoms with Crippen LogP contribution in [0.25, 0.3) is 0 Å². The van der Waals surface area contributed by atoms with E-state index in [4.69, 9.17) is 5.73 Å². The quantitative estimate of drug-likeness (QED) is 0.822. The second kappa shape index (κ2) is 7.41. The van der Waals surface area contributed by atoms with Crippen molar-refractivity contribution in [3.63, 3.8) is 0 Å². The molecule has 108 valence electrons. The van der Waals surface area contributed by atoms with Crippen molar-refractivity contribution in [2.75, 3.05) is 19.6 Å². The molecule has 2 heterocycles. The number of fused-ring (bicyclic) bond motifs is 1. The average molecular weight is 280 g/mol. The van der Waals surface area contributed by atoms with Crippen molar-refractivity contribution < 1.29 is 0 Å². The molecule has 1 aliphatic heterocycles. The molecule has 0 spiro atoms. The molecular formula is C16H28N2S. The summed E-state index contributed by atoms with van der Waals surface area (Å²) in [6, 6.07) is 2.93. The predicted octanol–water partition coefficient (Wildman–Crippen LogP) is 3.82. The minimum atomic E-state index is 0.615. The predicted molar refractivity (Wildman–Crippen MR) is 84.7 cm³/mol. The van der Waals surface area contributed by atoms with Gasteiger partial charge < -0.3 is 5.73 Å². The fourth-order valence-corrected chi connectivity index (χ4v) is 4.20. The maximum absolute atomic E-state index is 5.67. The summed E-state index contributed by atoms with van der Waals surface area (Å²) < 4.78 is 0. The van der Waals surface area contributed by atoms with Crippen molar-refractivity contribution in [2.45, 2.75) is 52.0 Å². The van der Waals surface area contributed by atoms with Crippen LogP contribution in [0.15, 0.2) is 11.4 Å². The molecular weight excluding hydrogens is 252 g/mol. The summed E-state index contributed by atoms with van der Waals surface area (Å²) in [5, 5.41) is 2.25. The number of thiophene rings is 1. The van der Waals surface area contributed by atoms with E-state index in [0.29, 0.717) is 6.04 Å². The number of hydrogen-bond donors (Lipinski definition) is 1. The fraction of sp³-hybridized carbons (Fsp3) is 0.750. The monoisotopic (exact) mass is 280 g/mol. The van der Waals surface area contributed by atoms with E-state index in [1.165, 1.54) is 45.2 Å². The number of nitrogens with two attached hydrogens (primary N) is 1. The molecule has 2 rings (SSSR count). The molecule has 19 heavy (non-hydrogen) atoms. The second-order valence-electron chi connectivity index (χ2n) is 5.75. The van der Waals surface area contributed by atoms with E-state index in [0.717, 1.165) is 12.5 Å². The standard InChI is InChI=1S/C16H28N2S/c1-3-14(6-9-17)5-4-10-18-11-7-16-15(13(18)2)8-12-19-16/h8,12-14H,3-7,9-11,17H2,1-2H3. The molecule has 2 unspecified atom stereocenters. The summed E-state index contributed by atoms with van der Waals surface area (Å²) in [7, 11) is 0. The largest absolute Gasteiger partial charge is 0.330 e. The highest BCUT2D eigenvalue weighted by atomic mass is 32.1. The Labute approximate surface area is 122 Å². The Balaban J connectivity index is 1.78. The zero-order valence-corrected chi connectivity index (χ0v) is 13.2. The maximum atomic E-state index is 5.67. The molecule has 0 saturated heterocycles. The fourth-order valence-electron chi connectivity index (χ4n) is 3.24. The summed E-state index contributed by atoms with van der Waals surface area (Å²) in [5.41, 5.74) is 7.25. The highest BCUT2D eigenvalue weighted by Crippen LogP contribution is 2.33. The lowest BCUT2D eigenvalue weighted by molar-refractivity contribution is 0.191. The molecule has 1 aromatic heterocycles. The van der Waals surface area contributed by atoms with Gasteiger partial charge in [0.15, 0.2) is 0 Å². The van der Waals surface area contributed by atoms with Crippen LogP contribution >= 0.6 is 11.3 Å². The first-order chi connectivity index (χ1) is 9.26. The van der Waals surface area contributed by atoms with E-state index in [9.17, 15) is 0 Å². The molecule has 2 nitrogen and oxygen atoms in total. The van der Waals surface area contributed by atoms with Crippen LogP contribution in [0.5, 0.6) is 0 Å². The Morgan fingerprint density at radius 1 is 1.47 bits per heavy atom. The lowest BCUT2D eigenvalue weighted by Gasteiger charge is -2.33. The Hall–Kier alpha value is -0.380. The molecule has 2 atom stereocenters.